The number of fused-ring (bicyclic) bond motifs is 7. The van der Waals surface area contributed by atoms with Crippen molar-refractivity contribution in [3.63, 3.8) is 0 Å². The summed E-state index contributed by atoms with van der Waals surface area (Å²) >= 11 is 0. The molecule has 20 nitrogen and oxygen atoms in total. The lowest BCUT2D eigenvalue weighted by Gasteiger charge is -2.70. The summed E-state index contributed by atoms with van der Waals surface area (Å²) in [7, 11) is 0. The number of nitrogens with one attached hydrogen (secondary N) is 6. The standard InChI is InChI=1S/C60H78N6O14/c1-34(2)61-23-7-6-8-44(63-35(3)68)52(75)62-28-49(72)65-45(19-20-50(73)74)53(76)64-40-16-11-37(12-17-40)30-78-55(77)66-59-31-58(32-59,33-59)26-36-9-13-38(14-10-36)54-79-48-25-43-42-18-15-39-24-41(69)21-22-56(39,4)51(42)46(70)27-57(43,5)60(48,80-54)47(71)29-67/h9-14,16-17,21-22,24,34,42-46,48,51,54,61,67,70H,6-8,15,18-20,23,25-33H2,1-5H3,(H,62,75)(H,63,68)(H,64,76)(H,65,72)(H,66,77)(H,73,74)/t42-,43-,44-,45-,46-,48+,51+,54+,56-,57-,58?,59?,60+/m0/s1. The molecule has 7 aliphatic carbocycles. The van der Waals surface area contributed by atoms with Gasteiger partial charge < -0.3 is 61.4 Å². The second-order valence-corrected chi connectivity index (χ2v) is 24.6. The van der Waals surface area contributed by atoms with Crippen molar-refractivity contribution >= 4 is 52.9 Å². The number of unbranched alkanes of at least 4 members (excludes halogenated alkanes) is 1. The zero-order valence-electron chi connectivity index (χ0n) is 46.4. The maximum atomic E-state index is 14.0. The number of Topliss-reactive ketones (excluding diaryl/α,β-unsaturated/α-hetero) is 1. The Balaban J connectivity index is 0.713. The van der Waals surface area contributed by atoms with Gasteiger partial charge in [-0.05, 0) is 136 Å². The number of aliphatic hydroxyl groups is 2. The first kappa shape index (κ1) is 58.3. The van der Waals surface area contributed by atoms with Crippen molar-refractivity contribution in [1.29, 1.82) is 0 Å². The van der Waals surface area contributed by atoms with E-state index in [0.717, 1.165) is 68.2 Å². The Bertz CT molecular complexity index is 2780. The second-order valence-electron chi connectivity index (χ2n) is 24.6. The minimum absolute atomic E-state index is 0.00319. The van der Waals surface area contributed by atoms with Crippen LogP contribution in [0.3, 0.4) is 0 Å². The first-order chi connectivity index (χ1) is 38.0. The number of ketones is 2. The summed E-state index contributed by atoms with van der Waals surface area (Å²) in [5.41, 5.74) is 0.909. The number of aliphatic hydroxyl groups excluding tert-OH is 2. The number of carboxylic acids is 1. The summed E-state index contributed by atoms with van der Waals surface area (Å²) in [5.74, 6) is -4.05. The van der Waals surface area contributed by atoms with Crippen molar-refractivity contribution in [2.45, 2.75) is 172 Å². The van der Waals surface area contributed by atoms with Crippen molar-refractivity contribution in [2.24, 2.45) is 34.0 Å². The van der Waals surface area contributed by atoms with Crippen LogP contribution in [-0.4, -0.2) is 124 Å². The molecule has 6 saturated carbocycles. The molecular weight excluding hydrogens is 1030 g/mol. The first-order valence-corrected chi connectivity index (χ1v) is 28.3. The van der Waals surface area contributed by atoms with Crippen molar-refractivity contribution in [3.05, 3.63) is 89.0 Å². The molecule has 0 unspecified atom stereocenters. The Morgan fingerprint density at radius 2 is 1.59 bits per heavy atom. The fraction of sp³-hybridized carbons (Fsp3) is 0.600. The smallest absolute Gasteiger partial charge is 0.407 e. The lowest BCUT2D eigenvalue weighted by Crippen LogP contribution is -2.75. The Morgan fingerprint density at radius 1 is 0.887 bits per heavy atom. The molecule has 0 spiro atoms. The molecule has 1 aliphatic heterocycles. The predicted octanol–water partition coefficient (Wildman–Crippen LogP) is 4.76. The van der Waals surface area contributed by atoms with E-state index in [1.165, 1.54) is 6.92 Å². The van der Waals surface area contributed by atoms with Gasteiger partial charge in [0, 0.05) is 52.9 Å². The van der Waals surface area contributed by atoms with Crippen LogP contribution in [-0.2, 0) is 60.8 Å². The highest BCUT2D eigenvalue weighted by molar-refractivity contribution is 6.01. The van der Waals surface area contributed by atoms with Crippen molar-refractivity contribution in [2.75, 3.05) is 25.0 Å². The van der Waals surface area contributed by atoms with Crippen LogP contribution in [0, 0.1) is 34.0 Å². The highest BCUT2D eigenvalue weighted by atomic mass is 16.7. The number of aliphatic carboxylic acids is 1. The molecular formula is C60H78N6O14. The van der Waals surface area contributed by atoms with Gasteiger partial charge in [-0.25, -0.2) is 4.79 Å². The van der Waals surface area contributed by atoms with Crippen LogP contribution >= 0.6 is 0 Å². The van der Waals surface area contributed by atoms with Gasteiger partial charge in [0.05, 0.1) is 18.8 Å². The minimum atomic E-state index is -1.44. The molecule has 10 rings (SSSR count). The quantitative estimate of drug-likeness (QED) is 0.0641. The van der Waals surface area contributed by atoms with E-state index in [9.17, 15) is 53.7 Å². The van der Waals surface area contributed by atoms with E-state index >= 15 is 0 Å². The van der Waals surface area contributed by atoms with Crippen LogP contribution < -0.4 is 31.9 Å². The van der Waals surface area contributed by atoms with E-state index in [1.54, 1.807) is 36.4 Å². The van der Waals surface area contributed by atoms with Crippen LogP contribution in [0.2, 0.25) is 0 Å². The van der Waals surface area contributed by atoms with Crippen molar-refractivity contribution in [3.8, 4) is 0 Å². The summed E-state index contributed by atoms with van der Waals surface area (Å²) in [6, 6.07) is 12.7. The molecule has 2 aromatic carbocycles. The number of hydrogen-bond donors (Lipinski definition) is 9. The van der Waals surface area contributed by atoms with Gasteiger partial charge in [0.25, 0.3) is 0 Å². The molecule has 2 bridgehead atoms. The van der Waals surface area contributed by atoms with Crippen molar-refractivity contribution in [1.82, 2.24) is 26.6 Å². The van der Waals surface area contributed by atoms with Gasteiger partial charge in [0.1, 0.15) is 25.3 Å². The predicted molar refractivity (Wildman–Crippen MR) is 291 cm³/mol. The number of benzene rings is 2. The van der Waals surface area contributed by atoms with E-state index in [0.29, 0.717) is 43.0 Å². The number of carbonyl (C=O) groups excluding carboxylic acids is 7. The van der Waals surface area contributed by atoms with Crippen LogP contribution in [0.1, 0.15) is 135 Å². The Labute approximate surface area is 466 Å². The van der Waals surface area contributed by atoms with E-state index in [2.05, 4.69) is 38.8 Å². The zero-order chi connectivity index (χ0) is 57.4. The fourth-order valence-corrected chi connectivity index (χ4v) is 15.1. The normalized spacial score (nSPS) is 32.0. The Hall–Kier alpha value is -6.32. The SMILES string of the molecule is CC(=O)N[C@@H](CCCCNC(C)C)C(=O)NCC(=O)N[C@@H](CCC(=O)O)C(=O)Nc1ccc(COC(=O)NC23CC(Cc4ccc([C@@H]5O[C@@H]6C[C@H]7[C@@H]8CCC9=CC(=O)C=C[C@]9(C)[C@H]8[C@@H](O)C[C@]7(C)[C@]6(C(=O)CO)O5)cc4)(C2)C3)cc1. The van der Waals surface area contributed by atoms with E-state index in [1.807, 2.05) is 51.1 Å². The number of rotatable bonds is 24. The monoisotopic (exact) mass is 1110 g/mol. The average Bonchev–Trinajstić information content (AvgIpc) is 3.85. The zero-order valence-corrected chi connectivity index (χ0v) is 46.4. The molecule has 7 fully saturated rings. The number of carboxylic acid groups (broad SMARTS) is 1. The van der Waals surface area contributed by atoms with Crippen LogP contribution in [0.4, 0.5) is 10.5 Å². The molecule has 1 saturated heterocycles. The van der Waals surface area contributed by atoms with Crippen LogP contribution in [0.5, 0.6) is 0 Å². The summed E-state index contributed by atoms with van der Waals surface area (Å²) in [4.78, 5) is 102. The fourth-order valence-electron chi connectivity index (χ4n) is 15.1. The second kappa shape index (κ2) is 23.3. The molecule has 0 radical (unpaired) electrons. The molecule has 432 valence electrons. The number of anilines is 1. The molecule has 9 N–H and O–H groups in total. The van der Waals surface area contributed by atoms with E-state index in [-0.39, 0.29) is 47.5 Å². The molecule has 20 heteroatoms. The molecule has 2 aromatic rings. The van der Waals surface area contributed by atoms with Gasteiger partial charge >= 0.3 is 12.1 Å². The van der Waals surface area contributed by atoms with E-state index in [4.69, 9.17) is 14.2 Å². The molecule has 1 heterocycles. The summed E-state index contributed by atoms with van der Waals surface area (Å²) < 4.78 is 19.0. The number of alkyl carbamates (subject to hydrolysis) is 1. The summed E-state index contributed by atoms with van der Waals surface area (Å²) in [6.07, 6.45) is 9.26. The molecule has 80 heavy (non-hydrogen) atoms. The Kier molecular flexibility index (Phi) is 17.0. The lowest BCUT2D eigenvalue weighted by atomic mass is 9.38. The number of amides is 5. The Morgan fingerprint density at radius 3 is 2.26 bits per heavy atom. The topological polar surface area (TPSA) is 297 Å². The third-order valence-corrected chi connectivity index (χ3v) is 18.6. The van der Waals surface area contributed by atoms with Crippen molar-refractivity contribution < 1.29 is 67.9 Å². The number of carbonyl (C=O) groups is 8. The summed E-state index contributed by atoms with van der Waals surface area (Å²) in [6.45, 7) is 8.98. The van der Waals surface area contributed by atoms with Crippen LogP contribution in [0.25, 0.3) is 0 Å². The minimum Gasteiger partial charge on any atom is -0.481 e. The molecule has 5 amide bonds. The van der Waals surface area contributed by atoms with Gasteiger partial charge in [0.15, 0.2) is 23.5 Å². The average molecular weight is 1110 g/mol. The van der Waals surface area contributed by atoms with E-state index < -0.39 is 108 Å². The largest absolute Gasteiger partial charge is 0.481 e. The van der Waals surface area contributed by atoms with Gasteiger partial charge in [-0.1, -0.05) is 75.7 Å². The maximum absolute atomic E-state index is 14.0. The lowest BCUT2D eigenvalue weighted by molar-refractivity contribution is -0.201. The number of hydrogen-bond acceptors (Lipinski definition) is 14. The molecule has 0 aromatic heterocycles. The van der Waals surface area contributed by atoms with Gasteiger partial charge in [-0.15, -0.1) is 0 Å². The first-order valence-electron chi connectivity index (χ1n) is 28.3. The van der Waals surface area contributed by atoms with Gasteiger partial charge in [-0.3, -0.25) is 33.6 Å². The third-order valence-electron chi connectivity index (χ3n) is 18.6. The number of allylic oxidation sites excluding steroid dienone is 4. The van der Waals surface area contributed by atoms with Crippen LogP contribution in [0.15, 0.2) is 72.3 Å². The summed E-state index contributed by atoms with van der Waals surface area (Å²) in [5, 5.41) is 48.4. The highest BCUT2D eigenvalue weighted by Crippen LogP contribution is 2.71. The maximum Gasteiger partial charge on any atom is 0.407 e. The third kappa shape index (κ3) is 11.7. The molecule has 8 aliphatic rings. The molecule has 11 atom stereocenters. The highest BCUT2D eigenvalue weighted by Gasteiger charge is 2.76. The number of ether oxygens (including phenoxy) is 3. The van der Waals surface area contributed by atoms with Gasteiger partial charge in [-0.2, -0.15) is 0 Å². The van der Waals surface area contributed by atoms with Gasteiger partial charge in [0.2, 0.25) is 23.6 Å².